The van der Waals surface area contributed by atoms with E-state index in [1.807, 2.05) is 47.7 Å². The van der Waals surface area contributed by atoms with Crippen LogP contribution in [0.5, 0.6) is 0 Å². The van der Waals surface area contributed by atoms with Crippen molar-refractivity contribution in [2.24, 2.45) is 5.92 Å². The van der Waals surface area contributed by atoms with Crippen molar-refractivity contribution in [3.8, 4) is 5.69 Å². The van der Waals surface area contributed by atoms with Crippen LogP contribution in [0.15, 0.2) is 48.5 Å². The second kappa shape index (κ2) is 10.8. The first kappa shape index (κ1) is 25.5. The Morgan fingerprint density at radius 2 is 1.59 bits per heavy atom. The summed E-state index contributed by atoms with van der Waals surface area (Å²) in [4.78, 5) is 27.5. The number of nitrogens with zero attached hydrogens (tertiary/aromatic N) is 6. The first-order chi connectivity index (χ1) is 19.0. The van der Waals surface area contributed by atoms with Crippen LogP contribution in [0.25, 0.3) is 16.7 Å². The van der Waals surface area contributed by atoms with Gasteiger partial charge in [0.15, 0.2) is 5.65 Å². The van der Waals surface area contributed by atoms with Crippen LogP contribution in [0, 0.1) is 25.6 Å². The standard InChI is InChI=1S/C31H35FN6O/c1-21-8-10-24(11-9-21)31(39)37-18-16-36(17-19-37)29-28-22(2)35-38(26-14-12-25(32)13-15-26)30(28)34-27(33-29)20-23-6-4-3-5-7-23/h8-15,23H,3-7,16-20H2,1-2H3. The number of aromatic nitrogens is 4. The molecule has 1 aliphatic carbocycles. The third kappa shape index (κ3) is 5.24. The van der Waals surface area contributed by atoms with Gasteiger partial charge in [0.2, 0.25) is 0 Å². The smallest absolute Gasteiger partial charge is 0.253 e. The molecule has 1 aliphatic heterocycles. The third-order valence-electron chi connectivity index (χ3n) is 8.16. The first-order valence-electron chi connectivity index (χ1n) is 14.1. The highest BCUT2D eigenvalue weighted by Crippen LogP contribution is 2.32. The van der Waals surface area contributed by atoms with Crippen molar-refractivity contribution in [2.75, 3.05) is 31.1 Å². The predicted molar refractivity (Wildman–Crippen MR) is 151 cm³/mol. The zero-order valence-corrected chi connectivity index (χ0v) is 22.7. The van der Waals surface area contributed by atoms with Gasteiger partial charge in [0.05, 0.1) is 16.8 Å². The number of amides is 1. The highest BCUT2D eigenvalue weighted by molar-refractivity contribution is 5.95. The van der Waals surface area contributed by atoms with E-state index in [9.17, 15) is 9.18 Å². The molecule has 1 amide bonds. The number of carbonyl (C=O) groups excluding carboxylic acids is 1. The molecule has 202 valence electrons. The molecule has 2 aromatic heterocycles. The van der Waals surface area contributed by atoms with Crippen molar-refractivity contribution < 1.29 is 9.18 Å². The minimum atomic E-state index is -0.279. The lowest BCUT2D eigenvalue weighted by molar-refractivity contribution is 0.0746. The number of aryl methyl sites for hydroxylation is 2. The zero-order chi connectivity index (χ0) is 26.9. The molecule has 2 fully saturated rings. The Labute approximate surface area is 228 Å². The number of carbonyl (C=O) groups is 1. The molecule has 6 rings (SSSR count). The Kier molecular flexibility index (Phi) is 7.02. The van der Waals surface area contributed by atoms with Crippen molar-refractivity contribution in [1.29, 1.82) is 0 Å². The molecule has 0 bridgehead atoms. The van der Waals surface area contributed by atoms with Gasteiger partial charge < -0.3 is 9.80 Å². The van der Waals surface area contributed by atoms with E-state index >= 15 is 0 Å². The molecule has 3 heterocycles. The molecular formula is C31H35FN6O. The van der Waals surface area contributed by atoms with Gasteiger partial charge in [0, 0.05) is 38.2 Å². The van der Waals surface area contributed by atoms with Gasteiger partial charge in [-0.25, -0.2) is 19.0 Å². The summed E-state index contributed by atoms with van der Waals surface area (Å²) >= 11 is 0. The third-order valence-corrected chi connectivity index (χ3v) is 8.16. The molecule has 0 N–H and O–H groups in total. The monoisotopic (exact) mass is 526 g/mol. The molecule has 7 nitrogen and oxygen atoms in total. The predicted octanol–water partition coefficient (Wildman–Crippen LogP) is 5.66. The highest BCUT2D eigenvalue weighted by Gasteiger charge is 2.27. The molecule has 4 aromatic rings. The molecule has 1 saturated heterocycles. The molecule has 8 heteroatoms. The maximum atomic E-state index is 13.7. The first-order valence-corrected chi connectivity index (χ1v) is 14.1. The number of hydrogen-bond acceptors (Lipinski definition) is 5. The number of fused-ring (bicyclic) bond motifs is 1. The second-order valence-electron chi connectivity index (χ2n) is 11.0. The summed E-state index contributed by atoms with van der Waals surface area (Å²) in [5.74, 6) is 2.11. The van der Waals surface area contributed by atoms with Crippen LogP contribution in [-0.4, -0.2) is 56.7 Å². The molecule has 0 spiro atoms. The lowest BCUT2D eigenvalue weighted by atomic mass is 9.87. The zero-order valence-electron chi connectivity index (χ0n) is 22.7. The number of halogens is 1. The summed E-state index contributed by atoms with van der Waals surface area (Å²) in [6.07, 6.45) is 7.12. The fraction of sp³-hybridized carbons (Fsp3) is 0.419. The van der Waals surface area contributed by atoms with E-state index in [4.69, 9.17) is 15.1 Å². The molecule has 0 unspecified atom stereocenters. The molecule has 0 atom stereocenters. The second-order valence-corrected chi connectivity index (χ2v) is 11.0. The van der Waals surface area contributed by atoms with E-state index in [1.165, 1.54) is 44.2 Å². The number of benzene rings is 2. The normalized spacial score (nSPS) is 16.7. The van der Waals surface area contributed by atoms with E-state index in [-0.39, 0.29) is 11.7 Å². The van der Waals surface area contributed by atoms with Gasteiger partial charge in [-0.05, 0) is 56.2 Å². The summed E-state index contributed by atoms with van der Waals surface area (Å²) < 4.78 is 15.5. The minimum Gasteiger partial charge on any atom is -0.352 e. The van der Waals surface area contributed by atoms with Crippen LogP contribution in [0.4, 0.5) is 10.2 Å². The van der Waals surface area contributed by atoms with Crippen LogP contribution < -0.4 is 4.90 Å². The van der Waals surface area contributed by atoms with E-state index < -0.39 is 0 Å². The van der Waals surface area contributed by atoms with Crippen LogP contribution in [-0.2, 0) is 6.42 Å². The maximum absolute atomic E-state index is 13.7. The Bertz CT molecular complexity index is 1470. The molecule has 2 aromatic carbocycles. The van der Waals surface area contributed by atoms with Crippen LogP contribution in [0.2, 0.25) is 0 Å². The van der Waals surface area contributed by atoms with E-state index in [0.29, 0.717) is 32.1 Å². The lowest BCUT2D eigenvalue weighted by Crippen LogP contribution is -2.49. The quantitative estimate of drug-likeness (QED) is 0.336. The fourth-order valence-corrected chi connectivity index (χ4v) is 5.94. The Morgan fingerprint density at radius 3 is 2.28 bits per heavy atom. The summed E-state index contributed by atoms with van der Waals surface area (Å²) in [6, 6.07) is 14.2. The average molecular weight is 527 g/mol. The largest absolute Gasteiger partial charge is 0.352 e. The van der Waals surface area contributed by atoms with Gasteiger partial charge in [-0.1, -0.05) is 49.8 Å². The Morgan fingerprint density at radius 1 is 0.897 bits per heavy atom. The summed E-state index contributed by atoms with van der Waals surface area (Å²) in [7, 11) is 0. The summed E-state index contributed by atoms with van der Waals surface area (Å²) in [5.41, 5.74) is 4.24. The van der Waals surface area contributed by atoms with Crippen molar-refractivity contribution in [3.05, 3.63) is 77.0 Å². The number of piperazine rings is 1. The SMILES string of the molecule is Cc1ccc(C(=O)N2CCN(c3nc(CC4CCCCC4)nc4c3c(C)nn4-c3ccc(F)cc3)CC2)cc1. The van der Waals surface area contributed by atoms with Gasteiger partial charge in [0.25, 0.3) is 5.91 Å². The van der Waals surface area contributed by atoms with E-state index in [1.54, 1.807) is 12.1 Å². The van der Waals surface area contributed by atoms with Gasteiger partial charge >= 0.3 is 0 Å². The van der Waals surface area contributed by atoms with Crippen molar-refractivity contribution in [2.45, 2.75) is 52.4 Å². The molecule has 39 heavy (non-hydrogen) atoms. The minimum absolute atomic E-state index is 0.0702. The van der Waals surface area contributed by atoms with Crippen LogP contribution in [0.3, 0.4) is 0 Å². The summed E-state index contributed by atoms with van der Waals surface area (Å²) in [5, 5.41) is 5.74. The average Bonchev–Trinajstić information content (AvgIpc) is 3.30. The van der Waals surface area contributed by atoms with Crippen LogP contribution in [0.1, 0.15) is 59.5 Å². The van der Waals surface area contributed by atoms with Crippen LogP contribution >= 0.6 is 0 Å². The van der Waals surface area contributed by atoms with E-state index in [2.05, 4.69) is 4.90 Å². The maximum Gasteiger partial charge on any atom is 0.253 e. The summed E-state index contributed by atoms with van der Waals surface area (Å²) in [6.45, 7) is 6.63. The molecule has 2 aliphatic rings. The van der Waals surface area contributed by atoms with Crippen molar-refractivity contribution in [1.82, 2.24) is 24.6 Å². The van der Waals surface area contributed by atoms with Gasteiger partial charge in [-0.15, -0.1) is 0 Å². The van der Waals surface area contributed by atoms with E-state index in [0.717, 1.165) is 51.6 Å². The van der Waals surface area contributed by atoms with Gasteiger partial charge in [-0.3, -0.25) is 4.79 Å². The number of anilines is 1. The topological polar surface area (TPSA) is 67.2 Å². The number of hydrogen-bond donors (Lipinski definition) is 0. The number of rotatable bonds is 5. The van der Waals surface area contributed by atoms with Gasteiger partial charge in [-0.2, -0.15) is 5.10 Å². The van der Waals surface area contributed by atoms with Crippen molar-refractivity contribution >= 4 is 22.8 Å². The van der Waals surface area contributed by atoms with Gasteiger partial charge in [0.1, 0.15) is 17.5 Å². The molecule has 0 radical (unpaired) electrons. The lowest BCUT2D eigenvalue weighted by Gasteiger charge is -2.36. The highest BCUT2D eigenvalue weighted by atomic mass is 19.1. The van der Waals surface area contributed by atoms with Crippen molar-refractivity contribution in [3.63, 3.8) is 0 Å². The molecular weight excluding hydrogens is 491 g/mol. The Balaban J connectivity index is 1.33. The Hall–Kier alpha value is -3.81. The molecule has 1 saturated carbocycles. The fourth-order valence-electron chi connectivity index (χ4n) is 5.94.